The van der Waals surface area contributed by atoms with Gasteiger partial charge >= 0.3 is 0 Å². The van der Waals surface area contributed by atoms with E-state index < -0.39 is 14.9 Å². The van der Waals surface area contributed by atoms with Gasteiger partial charge in [0, 0.05) is 17.8 Å². The summed E-state index contributed by atoms with van der Waals surface area (Å²) >= 11 is 11.8. The fraction of sp³-hybridized carbons (Fsp3) is 0.0500. The fourth-order valence-corrected chi connectivity index (χ4v) is 4.12. The molecule has 0 aliphatic rings. The van der Waals surface area contributed by atoms with E-state index in [1.165, 1.54) is 37.6 Å². The Balaban J connectivity index is 1.91. The molecular weight excluding hydrogens is 479 g/mol. The lowest BCUT2D eigenvalue weighted by molar-refractivity contribution is -0.385. The molecule has 0 unspecified atom stereocenters. The van der Waals surface area contributed by atoms with E-state index in [4.69, 9.17) is 27.9 Å². The van der Waals surface area contributed by atoms with Crippen LogP contribution in [0.15, 0.2) is 70.7 Å². The predicted octanol–water partition coefficient (Wildman–Crippen LogP) is 5.16. The topological polar surface area (TPSA) is 123 Å². The SMILES string of the molecule is COc1ccc(NS(=O)(=O)c2cc([N+](=O)[O-])ccc2NN=Cc2ccc(Cl)c(Cl)c2)cc1. The minimum absolute atomic E-state index is 0.0351. The molecule has 0 heterocycles. The van der Waals surface area contributed by atoms with Crippen LogP contribution >= 0.6 is 23.2 Å². The van der Waals surface area contributed by atoms with Crippen molar-refractivity contribution in [2.24, 2.45) is 5.10 Å². The monoisotopic (exact) mass is 494 g/mol. The minimum Gasteiger partial charge on any atom is -0.497 e. The Morgan fingerprint density at radius 3 is 2.38 bits per heavy atom. The lowest BCUT2D eigenvalue weighted by Gasteiger charge is -2.12. The Morgan fingerprint density at radius 2 is 1.75 bits per heavy atom. The summed E-state index contributed by atoms with van der Waals surface area (Å²) in [5.41, 5.74) is 3.11. The zero-order chi connectivity index (χ0) is 23.3. The van der Waals surface area contributed by atoms with Crippen molar-refractivity contribution in [2.75, 3.05) is 17.3 Å². The first kappa shape index (κ1) is 23.3. The molecular formula is C20H16Cl2N4O5S. The summed E-state index contributed by atoms with van der Waals surface area (Å²) in [6, 6.07) is 14.4. The quantitative estimate of drug-likeness (QED) is 0.253. The van der Waals surface area contributed by atoms with Crippen molar-refractivity contribution in [2.45, 2.75) is 4.90 Å². The Labute approximate surface area is 193 Å². The van der Waals surface area contributed by atoms with Gasteiger partial charge in [0.1, 0.15) is 10.6 Å². The number of sulfonamides is 1. The summed E-state index contributed by atoms with van der Waals surface area (Å²) in [7, 11) is -2.71. The highest BCUT2D eigenvalue weighted by atomic mass is 35.5. The van der Waals surface area contributed by atoms with Crippen molar-refractivity contribution < 1.29 is 18.1 Å². The number of non-ortho nitro benzene ring substituents is 1. The van der Waals surface area contributed by atoms with Gasteiger partial charge in [-0.05, 0) is 48.0 Å². The van der Waals surface area contributed by atoms with E-state index in [0.717, 1.165) is 6.07 Å². The Bertz CT molecular complexity index is 1280. The molecule has 0 amide bonds. The molecule has 0 aromatic heterocycles. The number of anilines is 2. The molecule has 0 atom stereocenters. The minimum atomic E-state index is -4.20. The molecule has 0 spiro atoms. The molecule has 12 heteroatoms. The molecule has 0 saturated carbocycles. The zero-order valence-electron chi connectivity index (χ0n) is 16.5. The van der Waals surface area contributed by atoms with Crippen LogP contribution in [0.1, 0.15) is 5.56 Å². The highest BCUT2D eigenvalue weighted by Gasteiger charge is 2.22. The Hall–Kier alpha value is -3.34. The van der Waals surface area contributed by atoms with E-state index in [9.17, 15) is 18.5 Å². The summed E-state index contributed by atoms with van der Waals surface area (Å²) in [4.78, 5) is 10.1. The van der Waals surface area contributed by atoms with E-state index in [-0.39, 0.29) is 22.0 Å². The van der Waals surface area contributed by atoms with Crippen LogP contribution in [-0.4, -0.2) is 26.7 Å². The van der Waals surface area contributed by atoms with Gasteiger partial charge in [-0.1, -0.05) is 29.3 Å². The maximum Gasteiger partial charge on any atom is 0.270 e. The van der Waals surface area contributed by atoms with Gasteiger partial charge in [-0.2, -0.15) is 5.10 Å². The second-order valence-electron chi connectivity index (χ2n) is 6.32. The third-order valence-electron chi connectivity index (χ3n) is 4.15. The molecule has 3 aromatic carbocycles. The van der Waals surface area contributed by atoms with Crippen LogP contribution in [0.3, 0.4) is 0 Å². The van der Waals surface area contributed by atoms with E-state index in [0.29, 0.717) is 21.4 Å². The number of nitro benzene ring substituents is 1. The van der Waals surface area contributed by atoms with Crippen LogP contribution in [0.2, 0.25) is 10.0 Å². The third-order valence-corrected chi connectivity index (χ3v) is 6.31. The number of hydrogen-bond donors (Lipinski definition) is 2. The summed E-state index contributed by atoms with van der Waals surface area (Å²) < 4.78 is 33.4. The molecule has 0 aliphatic carbocycles. The summed E-state index contributed by atoms with van der Waals surface area (Å²) in [6.45, 7) is 0. The number of halogens is 2. The van der Waals surface area contributed by atoms with E-state index >= 15 is 0 Å². The van der Waals surface area contributed by atoms with Gasteiger partial charge < -0.3 is 4.74 Å². The first-order valence-corrected chi connectivity index (χ1v) is 11.1. The Morgan fingerprint density at radius 1 is 1.03 bits per heavy atom. The molecule has 2 N–H and O–H groups in total. The van der Waals surface area contributed by atoms with Gasteiger partial charge in [0.05, 0.1) is 34.0 Å². The smallest absolute Gasteiger partial charge is 0.270 e. The van der Waals surface area contributed by atoms with Crippen LogP contribution in [0.4, 0.5) is 17.1 Å². The van der Waals surface area contributed by atoms with Crippen molar-refractivity contribution >= 4 is 56.5 Å². The second-order valence-corrected chi connectivity index (χ2v) is 8.78. The summed E-state index contributed by atoms with van der Waals surface area (Å²) in [6.07, 6.45) is 1.40. The molecule has 3 rings (SSSR count). The molecule has 9 nitrogen and oxygen atoms in total. The third kappa shape index (κ3) is 5.67. The number of rotatable bonds is 8. The molecule has 0 radical (unpaired) electrons. The molecule has 32 heavy (non-hydrogen) atoms. The van der Waals surface area contributed by atoms with Gasteiger partial charge in [-0.3, -0.25) is 20.3 Å². The van der Waals surface area contributed by atoms with E-state index in [2.05, 4.69) is 15.2 Å². The van der Waals surface area contributed by atoms with Gasteiger partial charge in [-0.15, -0.1) is 0 Å². The van der Waals surface area contributed by atoms with E-state index in [1.54, 1.807) is 30.3 Å². The normalized spacial score (nSPS) is 11.3. The first-order chi connectivity index (χ1) is 15.2. The summed E-state index contributed by atoms with van der Waals surface area (Å²) in [5, 5.41) is 15.9. The number of hydrazone groups is 1. The lowest BCUT2D eigenvalue weighted by atomic mass is 10.2. The van der Waals surface area contributed by atoms with E-state index in [1.807, 2.05) is 0 Å². The van der Waals surface area contributed by atoms with Crippen molar-refractivity contribution in [3.63, 3.8) is 0 Å². The maximum atomic E-state index is 13.0. The summed E-state index contributed by atoms with van der Waals surface area (Å²) in [5.74, 6) is 0.544. The van der Waals surface area contributed by atoms with Gasteiger partial charge in [0.2, 0.25) is 0 Å². The second kappa shape index (κ2) is 9.86. The number of nitro groups is 1. The predicted molar refractivity (Wildman–Crippen MR) is 125 cm³/mol. The van der Waals surface area contributed by atoms with Crippen molar-refractivity contribution in [1.82, 2.24) is 0 Å². The first-order valence-electron chi connectivity index (χ1n) is 8.89. The molecule has 166 valence electrons. The van der Waals surface area contributed by atoms with Crippen molar-refractivity contribution in [3.05, 3.63) is 86.4 Å². The number of methoxy groups -OCH3 is 1. The molecule has 0 aliphatic heterocycles. The van der Waals surface area contributed by atoms with Crippen molar-refractivity contribution in [3.8, 4) is 5.75 Å². The average molecular weight is 495 g/mol. The van der Waals surface area contributed by atoms with Crippen LogP contribution in [0.5, 0.6) is 5.75 Å². The number of nitrogens with zero attached hydrogens (tertiary/aromatic N) is 2. The average Bonchev–Trinajstić information content (AvgIpc) is 2.76. The molecule has 0 saturated heterocycles. The number of benzene rings is 3. The maximum absolute atomic E-state index is 13.0. The largest absolute Gasteiger partial charge is 0.497 e. The highest BCUT2D eigenvalue weighted by Crippen LogP contribution is 2.29. The van der Waals surface area contributed by atoms with Gasteiger partial charge in [-0.25, -0.2) is 8.42 Å². The number of hydrogen-bond acceptors (Lipinski definition) is 7. The van der Waals surface area contributed by atoms with Crippen molar-refractivity contribution in [1.29, 1.82) is 0 Å². The van der Waals surface area contributed by atoms with Gasteiger partial charge in [0.25, 0.3) is 15.7 Å². The lowest BCUT2D eigenvalue weighted by Crippen LogP contribution is -2.15. The van der Waals surface area contributed by atoms with Crippen LogP contribution in [-0.2, 0) is 10.0 Å². The highest BCUT2D eigenvalue weighted by molar-refractivity contribution is 7.92. The van der Waals surface area contributed by atoms with Crippen LogP contribution in [0.25, 0.3) is 0 Å². The number of nitrogens with one attached hydrogen (secondary N) is 2. The van der Waals surface area contributed by atoms with Crippen LogP contribution in [0, 0.1) is 10.1 Å². The number of ether oxygens (including phenoxy) is 1. The molecule has 3 aromatic rings. The molecule has 0 fully saturated rings. The fourth-order valence-electron chi connectivity index (χ4n) is 2.58. The Kier molecular flexibility index (Phi) is 7.18. The zero-order valence-corrected chi connectivity index (χ0v) is 18.8. The molecule has 0 bridgehead atoms. The van der Waals surface area contributed by atoms with Crippen LogP contribution < -0.4 is 14.9 Å². The standard InChI is InChI=1S/C20H16Cl2N4O5S/c1-31-16-6-3-14(4-7-16)25-32(29,30)20-11-15(26(27)28)5-9-19(20)24-23-12-13-2-8-17(21)18(22)10-13/h2-12,24-25H,1H3. The van der Waals surface area contributed by atoms with Gasteiger partial charge in [0.15, 0.2) is 0 Å².